The minimum Gasteiger partial charge on any atom is -1.00 e. The molecule has 3 aromatic rings. The van der Waals surface area contributed by atoms with E-state index in [1.807, 2.05) is 71.4 Å². The van der Waals surface area contributed by atoms with Gasteiger partial charge in [0.15, 0.2) is 11.9 Å². The van der Waals surface area contributed by atoms with E-state index in [-0.39, 0.29) is 23.9 Å². The Morgan fingerprint density at radius 3 is 2.30 bits per heavy atom. The molecule has 4 heteroatoms. The van der Waals surface area contributed by atoms with E-state index in [0.29, 0.717) is 5.69 Å². The Labute approximate surface area is 141 Å². The summed E-state index contributed by atoms with van der Waals surface area (Å²) in [6.45, 7) is 0. The molecule has 2 N–H and O–H groups in total. The average molecular weight is 326 g/mol. The molecular weight excluding hydrogens is 310 g/mol. The SMILES string of the molecule is Oc1ccc(O)c(-[n+]2ccccc2/C=C/c2ccccc2)c1.[Cl-]. The van der Waals surface area contributed by atoms with Crippen LogP contribution >= 0.6 is 0 Å². The maximum atomic E-state index is 10.0. The molecule has 3 rings (SSSR count). The molecule has 0 aliphatic rings. The zero-order valence-electron chi connectivity index (χ0n) is 12.3. The van der Waals surface area contributed by atoms with Crippen molar-refractivity contribution in [3.63, 3.8) is 0 Å². The molecule has 23 heavy (non-hydrogen) atoms. The van der Waals surface area contributed by atoms with Crippen LogP contribution in [-0.2, 0) is 0 Å². The van der Waals surface area contributed by atoms with Crippen molar-refractivity contribution in [1.29, 1.82) is 0 Å². The van der Waals surface area contributed by atoms with Crippen LogP contribution in [0.3, 0.4) is 0 Å². The van der Waals surface area contributed by atoms with Gasteiger partial charge in [0.25, 0.3) is 5.69 Å². The molecule has 0 saturated heterocycles. The van der Waals surface area contributed by atoms with E-state index < -0.39 is 0 Å². The molecule has 2 aromatic carbocycles. The Kier molecular flexibility index (Phi) is 5.39. The number of phenolic OH excluding ortho intramolecular Hbond substituents is 2. The van der Waals surface area contributed by atoms with Crippen LogP contribution in [0.5, 0.6) is 11.5 Å². The molecule has 0 aliphatic heterocycles. The normalized spacial score (nSPS) is 10.4. The maximum absolute atomic E-state index is 10.0. The standard InChI is InChI=1S/C19H15NO2.ClH/c21-17-11-12-19(22)18(14-17)20-13-5-4-8-16(20)10-9-15-6-2-1-3-7-15;/h1-14H,(H-,21,22);1H/b10-9+;. The largest absolute Gasteiger partial charge is 1.00 e. The topological polar surface area (TPSA) is 44.3 Å². The van der Waals surface area contributed by atoms with Crippen molar-refractivity contribution in [1.82, 2.24) is 0 Å². The molecule has 0 radical (unpaired) electrons. The highest BCUT2D eigenvalue weighted by molar-refractivity contribution is 5.67. The van der Waals surface area contributed by atoms with Crippen molar-refractivity contribution in [2.75, 3.05) is 0 Å². The Morgan fingerprint density at radius 2 is 1.52 bits per heavy atom. The van der Waals surface area contributed by atoms with E-state index in [1.165, 1.54) is 18.2 Å². The second kappa shape index (κ2) is 7.47. The van der Waals surface area contributed by atoms with E-state index in [4.69, 9.17) is 0 Å². The average Bonchev–Trinajstić information content (AvgIpc) is 2.56. The molecule has 1 heterocycles. The third-order valence-electron chi connectivity index (χ3n) is 3.36. The lowest BCUT2D eigenvalue weighted by atomic mass is 10.2. The zero-order chi connectivity index (χ0) is 15.4. The molecule has 3 nitrogen and oxygen atoms in total. The second-order valence-electron chi connectivity index (χ2n) is 4.91. The number of rotatable bonds is 3. The van der Waals surface area contributed by atoms with E-state index in [1.54, 1.807) is 0 Å². The van der Waals surface area contributed by atoms with Gasteiger partial charge in [-0.25, -0.2) is 0 Å². The van der Waals surface area contributed by atoms with Crippen LogP contribution in [0.25, 0.3) is 17.8 Å². The van der Waals surface area contributed by atoms with Gasteiger partial charge in [-0.05, 0) is 29.8 Å². The van der Waals surface area contributed by atoms with E-state index in [0.717, 1.165) is 11.3 Å². The molecule has 0 aliphatic carbocycles. The molecule has 0 atom stereocenters. The van der Waals surface area contributed by atoms with Gasteiger partial charge in [-0.1, -0.05) is 30.3 Å². The summed E-state index contributed by atoms with van der Waals surface area (Å²) in [5.74, 6) is 0.227. The first kappa shape index (κ1) is 16.6. The number of aromatic nitrogens is 1. The Hall–Kier alpha value is -2.78. The minimum atomic E-state index is 0. The number of hydrogen-bond acceptors (Lipinski definition) is 2. The predicted octanol–water partition coefficient (Wildman–Crippen LogP) is 0.549. The first-order valence-corrected chi connectivity index (χ1v) is 7.00. The zero-order valence-corrected chi connectivity index (χ0v) is 13.1. The molecule has 0 bridgehead atoms. The highest BCUT2D eigenvalue weighted by atomic mass is 35.5. The minimum absolute atomic E-state index is 0. The van der Waals surface area contributed by atoms with Crippen molar-refractivity contribution >= 4 is 12.2 Å². The molecule has 0 saturated carbocycles. The summed E-state index contributed by atoms with van der Waals surface area (Å²) >= 11 is 0. The van der Waals surface area contributed by atoms with Gasteiger partial charge in [0.05, 0.1) is 6.07 Å². The summed E-state index contributed by atoms with van der Waals surface area (Å²) in [4.78, 5) is 0. The van der Waals surface area contributed by atoms with Gasteiger partial charge >= 0.3 is 0 Å². The molecule has 1 aromatic heterocycles. The Balaban J connectivity index is 0.00000192. The second-order valence-corrected chi connectivity index (χ2v) is 4.91. The third-order valence-corrected chi connectivity index (χ3v) is 3.36. The van der Waals surface area contributed by atoms with Crippen LogP contribution in [-0.4, -0.2) is 10.2 Å². The molecule has 116 valence electrons. The van der Waals surface area contributed by atoms with Gasteiger partial charge in [-0.3, -0.25) is 0 Å². The lowest BCUT2D eigenvalue weighted by molar-refractivity contribution is -0.598. The smallest absolute Gasteiger partial charge is 0.256 e. The van der Waals surface area contributed by atoms with E-state index >= 15 is 0 Å². The van der Waals surface area contributed by atoms with Gasteiger partial charge < -0.3 is 22.6 Å². The van der Waals surface area contributed by atoms with Crippen molar-refractivity contribution in [3.8, 4) is 17.2 Å². The quantitative estimate of drug-likeness (QED) is 0.545. The van der Waals surface area contributed by atoms with Crippen molar-refractivity contribution < 1.29 is 27.2 Å². The highest BCUT2D eigenvalue weighted by Gasteiger charge is 2.16. The summed E-state index contributed by atoms with van der Waals surface area (Å²) in [5, 5.41) is 19.7. The summed E-state index contributed by atoms with van der Waals surface area (Å²) in [6.07, 6.45) is 5.82. The molecule has 0 spiro atoms. The number of benzene rings is 2. The monoisotopic (exact) mass is 325 g/mol. The van der Waals surface area contributed by atoms with Gasteiger partial charge in [0, 0.05) is 18.2 Å². The summed E-state index contributed by atoms with van der Waals surface area (Å²) in [7, 11) is 0. The number of hydrogen-bond donors (Lipinski definition) is 2. The highest BCUT2D eigenvalue weighted by Crippen LogP contribution is 2.22. The predicted molar refractivity (Wildman–Crippen MR) is 86.7 cm³/mol. The summed E-state index contributed by atoms with van der Waals surface area (Å²) < 4.78 is 1.83. The van der Waals surface area contributed by atoms with Crippen LogP contribution in [0.1, 0.15) is 11.3 Å². The van der Waals surface area contributed by atoms with Crippen molar-refractivity contribution in [2.45, 2.75) is 0 Å². The summed E-state index contributed by atoms with van der Waals surface area (Å²) in [5.41, 5.74) is 2.53. The van der Waals surface area contributed by atoms with E-state index in [9.17, 15) is 10.2 Å². The van der Waals surface area contributed by atoms with Crippen LogP contribution in [0, 0.1) is 0 Å². The van der Waals surface area contributed by atoms with Crippen molar-refractivity contribution in [2.24, 2.45) is 0 Å². The Morgan fingerprint density at radius 1 is 0.783 bits per heavy atom. The van der Waals surface area contributed by atoms with Crippen molar-refractivity contribution in [3.05, 3.63) is 84.2 Å². The van der Waals surface area contributed by atoms with Crippen LogP contribution in [0.15, 0.2) is 72.9 Å². The summed E-state index contributed by atoms with van der Waals surface area (Å²) in [6, 6.07) is 20.2. The Bertz CT molecular complexity index is 817. The first-order valence-electron chi connectivity index (χ1n) is 7.00. The number of halogens is 1. The maximum Gasteiger partial charge on any atom is 0.256 e. The molecular formula is C19H16ClNO2. The molecule has 0 fully saturated rings. The van der Waals surface area contributed by atoms with Crippen LogP contribution in [0.4, 0.5) is 0 Å². The number of phenols is 2. The van der Waals surface area contributed by atoms with Gasteiger partial charge in [0.1, 0.15) is 5.75 Å². The first-order chi connectivity index (χ1) is 10.7. The van der Waals surface area contributed by atoms with Gasteiger partial charge in [0.2, 0.25) is 5.69 Å². The number of pyridine rings is 1. The number of nitrogens with zero attached hydrogens (tertiary/aromatic N) is 1. The lowest BCUT2D eigenvalue weighted by Gasteiger charge is -2.02. The van der Waals surface area contributed by atoms with Crippen LogP contribution in [0.2, 0.25) is 0 Å². The molecule has 0 amide bonds. The fourth-order valence-corrected chi connectivity index (χ4v) is 2.26. The van der Waals surface area contributed by atoms with Crippen LogP contribution < -0.4 is 17.0 Å². The van der Waals surface area contributed by atoms with E-state index in [2.05, 4.69) is 0 Å². The lowest BCUT2D eigenvalue weighted by Crippen LogP contribution is -3.00. The third kappa shape index (κ3) is 3.90. The van der Waals surface area contributed by atoms with Gasteiger partial charge in [-0.15, -0.1) is 0 Å². The molecule has 0 unspecified atom stereocenters. The fraction of sp³-hybridized carbons (Fsp3) is 0. The van der Waals surface area contributed by atoms with Gasteiger partial charge in [-0.2, -0.15) is 4.57 Å². The number of aromatic hydroxyl groups is 2. The fourth-order valence-electron chi connectivity index (χ4n) is 2.26.